The number of hydrogen-bond acceptors (Lipinski definition) is 4. The monoisotopic (exact) mass is 265 g/mol. The summed E-state index contributed by atoms with van der Waals surface area (Å²) < 4.78 is 0. The second-order valence-corrected chi connectivity index (χ2v) is 4.56. The van der Waals surface area contributed by atoms with E-state index in [1.807, 2.05) is 19.1 Å². The molecular formula is C14H23N3O2. The zero-order valence-electron chi connectivity index (χ0n) is 11.6. The molecular weight excluding hydrogens is 242 g/mol. The van der Waals surface area contributed by atoms with Gasteiger partial charge in [-0.2, -0.15) is 0 Å². The Morgan fingerprint density at radius 2 is 2.16 bits per heavy atom. The van der Waals surface area contributed by atoms with Crippen LogP contribution in [0.15, 0.2) is 18.2 Å². The number of aliphatic hydroxyl groups is 1. The number of aryl methyl sites for hydroxylation is 1. The van der Waals surface area contributed by atoms with Crippen LogP contribution >= 0.6 is 0 Å². The number of carbonyl (C=O) groups is 1. The van der Waals surface area contributed by atoms with Gasteiger partial charge in [-0.05, 0) is 31.0 Å². The van der Waals surface area contributed by atoms with Gasteiger partial charge in [-0.3, -0.25) is 10.6 Å². The van der Waals surface area contributed by atoms with Gasteiger partial charge < -0.3 is 15.4 Å². The van der Waals surface area contributed by atoms with Crippen molar-refractivity contribution in [3.8, 4) is 0 Å². The van der Waals surface area contributed by atoms with Gasteiger partial charge in [0, 0.05) is 13.1 Å². The number of amides is 1. The Bertz CT molecular complexity index is 421. The second kappa shape index (κ2) is 7.76. The van der Waals surface area contributed by atoms with Crippen molar-refractivity contribution in [1.29, 1.82) is 0 Å². The molecule has 106 valence electrons. The van der Waals surface area contributed by atoms with E-state index in [1.54, 1.807) is 11.0 Å². The molecule has 1 rings (SSSR count). The van der Waals surface area contributed by atoms with Crippen molar-refractivity contribution in [2.45, 2.75) is 26.7 Å². The van der Waals surface area contributed by atoms with Gasteiger partial charge in [0.05, 0.1) is 17.9 Å². The minimum absolute atomic E-state index is 0.0350. The van der Waals surface area contributed by atoms with Crippen molar-refractivity contribution < 1.29 is 9.90 Å². The average molecular weight is 265 g/mol. The maximum absolute atomic E-state index is 12.5. The lowest BCUT2D eigenvalue weighted by Crippen LogP contribution is -2.35. The fraction of sp³-hybridized carbons (Fsp3) is 0.500. The van der Waals surface area contributed by atoms with Gasteiger partial charge in [-0.1, -0.05) is 19.4 Å². The standard InChI is InChI=1S/C14H23N3O2/c1-3-4-7-17(8-9-18)14(19)12-6-5-11(2)10-13(12)16-15/h5-6,10,16,18H,3-4,7-9,15H2,1-2H3. The zero-order chi connectivity index (χ0) is 14.3. The van der Waals surface area contributed by atoms with Crippen LogP contribution in [0, 0.1) is 6.92 Å². The van der Waals surface area contributed by atoms with Crippen molar-refractivity contribution in [3.63, 3.8) is 0 Å². The minimum atomic E-state index is -0.101. The SMILES string of the molecule is CCCCN(CCO)C(=O)c1ccc(C)cc1NN. The summed E-state index contributed by atoms with van der Waals surface area (Å²) in [6, 6.07) is 5.48. The second-order valence-electron chi connectivity index (χ2n) is 4.56. The van der Waals surface area contributed by atoms with Gasteiger partial charge in [-0.15, -0.1) is 0 Å². The number of nitrogens with two attached hydrogens (primary N) is 1. The van der Waals surface area contributed by atoms with Crippen molar-refractivity contribution in [1.82, 2.24) is 4.90 Å². The van der Waals surface area contributed by atoms with Crippen LogP contribution in [0.25, 0.3) is 0 Å². The molecule has 0 aliphatic heterocycles. The molecule has 0 saturated heterocycles. The number of rotatable bonds is 7. The summed E-state index contributed by atoms with van der Waals surface area (Å²) in [4.78, 5) is 14.1. The number of hydrazine groups is 1. The van der Waals surface area contributed by atoms with Crippen LogP contribution in [0.4, 0.5) is 5.69 Å². The Labute approximate surface area is 114 Å². The van der Waals surface area contributed by atoms with E-state index in [1.165, 1.54) is 0 Å². The Kier molecular flexibility index (Phi) is 6.32. The van der Waals surface area contributed by atoms with Crippen LogP contribution in [0.1, 0.15) is 35.7 Å². The predicted molar refractivity (Wildman–Crippen MR) is 76.9 cm³/mol. The van der Waals surface area contributed by atoms with Crippen molar-refractivity contribution in [2.24, 2.45) is 5.84 Å². The first kappa shape index (κ1) is 15.5. The van der Waals surface area contributed by atoms with Crippen molar-refractivity contribution in [2.75, 3.05) is 25.1 Å². The molecule has 0 fully saturated rings. The highest BCUT2D eigenvalue weighted by Crippen LogP contribution is 2.18. The number of nitrogens with one attached hydrogen (secondary N) is 1. The normalized spacial score (nSPS) is 10.3. The lowest BCUT2D eigenvalue weighted by atomic mass is 10.1. The third-order valence-electron chi connectivity index (χ3n) is 3.00. The number of benzene rings is 1. The lowest BCUT2D eigenvalue weighted by Gasteiger charge is -2.23. The summed E-state index contributed by atoms with van der Waals surface area (Å²) in [6.07, 6.45) is 1.92. The molecule has 0 saturated carbocycles. The van der Waals surface area contributed by atoms with Crippen LogP contribution in [0.3, 0.4) is 0 Å². The van der Waals surface area contributed by atoms with Gasteiger partial charge >= 0.3 is 0 Å². The maximum atomic E-state index is 12.5. The van der Waals surface area contributed by atoms with E-state index in [2.05, 4.69) is 12.3 Å². The van der Waals surface area contributed by atoms with Crippen molar-refractivity contribution in [3.05, 3.63) is 29.3 Å². The summed E-state index contributed by atoms with van der Waals surface area (Å²) in [6.45, 7) is 4.97. The first-order chi connectivity index (χ1) is 9.13. The highest BCUT2D eigenvalue weighted by Gasteiger charge is 2.17. The zero-order valence-corrected chi connectivity index (χ0v) is 11.6. The van der Waals surface area contributed by atoms with Gasteiger partial charge in [0.1, 0.15) is 0 Å². The topological polar surface area (TPSA) is 78.6 Å². The van der Waals surface area contributed by atoms with Gasteiger partial charge in [0.2, 0.25) is 0 Å². The molecule has 1 aromatic rings. The molecule has 0 aliphatic rings. The Hall–Kier alpha value is -1.59. The van der Waals surface area contributed by atoms with E-state index in [0.29, 0.717) is 24.3 Å². The van der Waals surface area contributed by atoms with Gasteiger partial charge in [0.15, 0.2) is 0 Å². The summed E-state index contributed by atoms with van der Waals surface area (Å²) in [5.74, 6) is 5.36. The van der Waals surface area contributed by atoms with Crippen LogP contribution in [0.5, 0.6) is 0 Å². The Morgan fingerprint density at radius 3 is 2.74 bits per heavy atom. The summed E-state index contributed by atoms with van der Waals surface area (Å²) in [5.41, 5.74) is 4.75. The number of nitrogen functional groups attached to an aromatic ring is 1. The number of carbonyl (C=O) groups excluding carboxylic acids is 1. The number of unbranched alkanes of at least 4 members (excludes halogenated alkanes) is 1. The van der Waals surface area contributed by atoms with E-state index in [4.69, 9.17) is 10.9 Å². The molecule has 0 atom stereocenters. The van der Waals surface area contributed by atoms with Crippen molar-refractivity contribution >= 4 is 11.6 Å². The molecule has 5 nitrogen and oxygen atoms in total. The summed E-state index contributed by atoms with van der Waals surface area (Å²) in [7, 11) is 0. The van der Waals surface area contributed by atoms with Crippen LogP contribution < -0.4 is 11.3 Å². The molecule has 0 heterocycles. The number of anilines is 1. The number of hydrogen-bond donors (Lipinski definition) is 3. The third-order valence-corrected chi connectivity index (χ3v) is 3.00. The minimum Gasteiger partial charge on any atom is -0.395 e. The first-order valence-electron chi connectivity index (χ1n) is 6.61. The van der Waals surface area contributed by atoms with Crippen LogP contribution in [0.2, 0.25) is 0 Å². The van der Waals surface area contributed by atoms with E-state index >= 15 is 0 Å². The quantitative estimate of drug-likeness (QED) is 0.516. The molecule has 4 N–H and O–H groups in total. The Balaban J connectivity index is 2.94. The molecule has 0 unspecified atom stereocenters. The fourth-order valence-corrected chi connectivity index (χ4v) is 1.92. The molecule has 5 heteroatoms. The summed E-state index contributed by atoms with van der Waals surface area (Å²) in [5, 5.41) is 9.07. The predicted octanol–water partition coefficient (Wildman–Crippen LogP) is 1.52. The van der Waals surface area contributed by atoms with Gasteiger partial charge in [0.25, 0.3) is 5.91 Å². The molecule has 0 aromatic heterocycles. The average Bonchev–Trinajstić information content (AvgIpc) is 2.42. The van der Waals surface area contributed by atoms with E-state index in [-0.39, 0.29) is 12.5 Å². The molecule has 0 aliphatic carbocycles. The highest BCUT2D eigenvalue weighted by molar-refractivity contribution is 5.99. The highest BCUT2D eigenvalue weighted by atomic mass is 16.3. The molecule has 19 heavy (non-hydrogen) atoms. The first-order valence-corrected chi connectivity index (χ1v) is 6.61. The van der Waals surface area contributed by atoms with Crippen LogP contribution in [-0.4, -0.2) is 35.6 Å². The molecule has 1 aromatic carbocycles. The van der Waals surface area contributed by atoms with E-state index in [0.717, 1.165) is 18.4 Å². The third kappa shape index (κ3) is 4.22. The van der Waals surface area contributed by atoms with Gasteiger partial charge in [-0.25, -0.2) is 0 Å². The van der Waals surface area contributed by atoms with Crippen LogP contribution in [-0.2, 0) is 0 Å². The smallest absolute Gasteiger partial charge is 0.256 e. The molecule has 0 bridgehead atoms. The molecule has 0 radical (unpaired) electrons. The lowest BCUT2D eigenvalue weighted by molar-refractivity contribution is 0.0720. The molecule has 1 amide bonds. The largest absolute Gasteiger partial charge is 0.395 e. The fourth-order valence-electron chi connectivity index (χ4n) is 1.92. The van der Waals surface area contributed by atoms with E-state index in [9.17, 15) is 4.79 Å². The molecule has 0 spiro atoms. The Morgan fingerprint density at radius 1 is 1.42 bits per heavy atom. The number of aliphatic hydroxyl groups excluding tert-OH is 1. The maximum Gasteiger partial charge on any atom is 0.256 e. The summed E-state index contributed by atoms with van der Waals surface area (Å²) >= 11 is 0. The number of nitrogens with zero attached hydrogens (tertiary/aromatic N) is 1. The van der Waals surface area contributed by atoms with E-state index < -0.39 is 0 Å².